The maximum atomic E-state index is 13.5. The second-order valence-electron chi connectivity index (χ2n) is 7.90. The Morgan fingerprint density at radius 2 is 1.83 bits per heavy atom. The van der Waals surface area contributed by atoms with Crippen LogP contribution in [0.3, 0.4) is 0 Å². The van der Waals surface area contributed by atoms with Crippen LogP contribution < -0.4 is 15.5 Å². The van der Waals surface area contributed by atoms with E-state index in [0.717, 1.165) is 17.5 Å². The van der Waals surface area contributed by atoms with E-state index in [4.69, 9.17) is 16.9 Å². The number of anilines is 2. The van der Waals surface area contributed by atoms with Crippen molar-refractivity contribution in [2.24, 2.45) is 0 Å². The normalized spacial score (nSPS) is 10.3. The maximum Gasteiger partial charge on any atom is 0.326 e. The Bertz CT molecular complexity index is 1220. The second-order valence-corrected chi connectivity index (χ2v) is 8.31. The fourth-order valence-electron chi connectivity index (χ4n) is 3.47. The summed E-state index contributed by atoms with van der Waals surface area (Å²) in [6.45, 7) is 2.89. The van der Waals surface area contributed by atoms with Crippen LogP contribution in [0.1, 0.15) is 31.7 Å². The van der Waals surface area contributed by atoms with E-state index in [2.05, 4.69) is 16.7 Å². The van der Waals surface area contributed by atoms with Gasteiger partial charge in [-0.25, -0.2) is 9.18 Å². The number of carbonyl (C=O) groups is 2. The summed E-state index contributed by atoms with van der Waals surface area (Å²) >= 11 is 5.85. The molecule has 0 heterocycles. The standard InChI is InChI=1S/C27H26ClFN4O2/c1-2-14-31-26(34)7-4-15-33(27(35)32-22-10-13-25(29)24(28)17-22)23-11-8-20(9-12-23)21-6-3-5-19(16-21)18-30/h3,5-6,8-13,16-17H,2,4,7,14-15H2,1H3,(H,31,34)(H,32,35). The van der Waals surface area contributed by atoms with Crippen LogP contribution in [0.5, 0.6) is 0 Å². The predicted octanol–water partition coefficient (Wildman–Crippen LogP) is 6.36. The van der Waals surface area contributed by atoms with Crippen LogP contribution in [0.4, 0.5) is 20.6 Å². The lowest BCUT2D eigenvalue weighted by molar-refractivity contribution is -0.121. The van der Waals surface area contributed by atoms with E-state index in [1.807, 2.05) is 43.3 Å². The Balaban J connectivity index is 1.79. The smallest absolute Gasteiger partial charge is 0.326 e. The lowest BCUT2D eigenvalue weighted by Gasteiger charge is -2.24. The van der Waals surface area contributed by atoms with E-state index in [1.165, 1.54) is 23.1 Å². The van der Waals surface area contributed by atoms with E-state index in [0.29, 0.717) is 36.4 Å². The van der Waals surface area contributed by atoms with Crippen LogP contribution in [0.25, 0.3) is 11.1 Å². The van der Waals surface area contributed by atoms with Crippen molar-refractivity contribution in [2.45, 2.75) is 26.2 Å². The van der Waals surface area contributed by atoms with Gasteiger partial charge in [-0.2, -0.15) is 5.26 Å². The topological polar surface area (TPSA) is 85.2 Å². The SMILES string of the molecule is CCCNC(=O)CCCN(C(=O)Nc1ccc(F)c(Cl)c1)c1ccc(-c2cccc(C#N)c2)cc1. The van der Waals surface area contributed by atoms with Crippen LogP contribution in [0, 0.1) is 17.1 Å². The number of amides is 3. The molecule has 0 aliphatic heterocycles. The monoisotopic (exact) mass is 492 g/mol. The summed E-state index contributed by atoms with van der Waals surface area (Å²) in [5.74, 6) is -0.638. The minimum atomic E-state index is -0.573. The fraction of sp³-hybridized carbons (Fsp3) is 0.222. The van der Waals surface area contributed by atoms with Crippen LogP contribution in [-0.4, -0.2) is 25.0 Å². The lowest BCUT2D eigenvalue weighted by Crippen LogP contribution is -2.36. The van der Waals surface area contributed by atoms with Gasteiger partial charge in [0, 0.05) is 30.9 Å². The highest BCUT2D eigenvalue weighted by Crippen LogP contribution is 2.26. The molecule has 0 saturated carbocycles. The summed E-state index contributed by atoms with van der Waals surface area (Å²) in [7, 11) is 0. The summed E-state index contributed by atoms with van der Waals surface area (Å²) in [5, 5.41) is 14.6. The summed E-state index contributed by atoms with van der Waals surface area (Å²) in [4.78, 5) is 26.7. The van der Waals surface area contributed by atoms with Gasteiger partial charge in [-0.15, -0.1) is 0 Å². The first-order valence-electron chi connectivity index (χ1n) is 11.3. The first-order chi connectivity index (χ1) is 16.9. The number of urea groups is 1. The molecule has 3 aromatic rings. The zero-order valence-electron chi connectivity index (χ0n) is 19.4. The maximum absolute atomic E-state index is 13.5. The highest BCUT2D eigenvalue weighted by molar-refractivity contribution is 6.31. The summed E-state index contributed by atoms with van der Waals surface area (Å²) in [6, 6.07) is 20.3. The third-order valence-corrected chi connectivity index (χ3v) is 5.57. The molecular formula is C27H26ClFN4O2. The number of benzene rings is 3. The molecule has 35 heavy (non-hydrogen) atoms. The van der Waals surface area contributed by atoms with E-state index in [1.54, 1.807) is 12.1 Å². The van der Waals surface area contributed by atoms with Gasteiger partial charge in [-0.3, -0.25) is 9.69 Å². The van der Waals surface area contributed by atoms with Crippen molar-refractivity contribution < 1.29 is 14.0 Å². The van der Waals surface area contributed by atoms with Crippen LogP contribution in [0.2, 0.25) is 5.02 Å². The van der Waals surface area contributed by atoms with E-state index < -0.39 is 11.8 Å². The van der Waals surface area contributed by atoms with Gasteiger partial charge in [-0.1, -0.05) is 42.8 Å². The van der Waals surface area contributed by atoms with Crippen LogP contribution in [0.15, 0.2) is 66.7 Å². The molecule has 3 amide bonds. The van der Waals surface area contributed by atoms with Crippen molar-refractivity contribution in [1.29, 1.82) is 5.26 Å². The van der Waals surface area contributed by atoms with Crippen molar-refractivity contribution >= 4 is 34.9 Å². The summed E-state index contributed by atoms with van der Waals surface area (Å²) in [5.41, 5.74) is 3.34. The Labute approximate surface area is 209 Å². The molecule has 180 valence electrons. The molecule has 3 rings (SSSR count). The predicted molar refractivity (Wildman–Crippen MR) is 137 cm³/mol. The molecular weight excluding hydrogens is 467 g/mol. The van der Waals surface area contributed by atoms with Gasteiger partial charge in [0.15, 0.2) is 0 Å². The van der Waals surface area contributed by atoms with Crippen molar-refractivity contribution in [3.8, 4) is 17.2 Å². The molecule has 0 bridgehead atoms. The number of nitriles is 1. The van der Waals surface area contributed by atoms with Crippen molar-refractivity contribution in [3.05, 3.63) is 83.1 Å². The largest absolute Gasteiger partial charge is 0.356 e. The highest BCUT2D eigenvalue weighted by atomic mass is 35.5. The van der Waals surface area contributed by atoms with Gasteiger partial charge in [-0.05, 0) is 66.4 Å². The molecule has 0 aliphatic rings. The highest BCUT2D eigenvalue weighted by Gasteiger charge is 2.17. The number of halogens is 2. The zero-order valence-corrected chi connectivity index (χ0v) is 20.1. The third kappa shape index (κ3) is 7.29. The Kier molecular flexibility index (Phi) is 9.22. The average molecular weight is 493 g/mol. The molecule has 0 fully saturated rings. The second kappa shape index (κ2) is 12.5. The Hall–Kier alpha value is -3.89. The number of nitrogens with zero attached hydrogens (tertiary/aromatic N) is 2. The number of rotatable bonds is 9. The quantitative estimate of drug-likeness (QED) is 0.364. The first-order valence-corrected chi connectivity index (χ1v) is 11.7. The summed E-state index contributed by atoms with van der Waals surface area (Å²) in [6.07, 6.45) is 1.59. The molecule has 2 N–H and O–H groups in total. The number of carbonyl (C=O) groups excluding carboxylic acids is 2. The molecule has 0 atom stereocenters. The minimum Gasteiger partial charge on any atom is -0.356 e. The van der Waals surface area contributed by atoms with E-state index in [9.17, 15) is 14.0 Å². The van der Waals surface area contributed by atoms with Crippen molar-refractivity contribution in [2.75, 3.05) is 23.3 Å². The van der Waals surface area contributed by atoms with Gasteiger partial charge in [0.25, 0.3) is 0 Å². The molecule has 0 spiro atoms. The van der Waals surface area contributed by atoms with Gasteiger partial charge < -0.3 is 10.6 Å². The van der Waals surface area contributed by atoms with E-state index >= 15 is 0 Å². The number of hydrogen-bond donors (Lipinski definition) is 2. The minimum absolute atomic E-state index is 0.0646. The van der Waals surface area contributed by atoms with Crippen LogP contribution in [-0.2, 0) is 4.79 Å². The molecule has 0 aromatic heterocycles. The number of hydrogen-bond acceptors (Lipinski definition) is 3. The molecule has 0 unspecified atom stereocenters. The zero-order chi connectivity index (χ0) is 25.2. The molecule has 0 saturated heterocycles. The van der Waals surface area contributed by atoms with Gasteiger partial charge >= 0.3 is 6.03 Å². The molecule has 3 aromatic carbocycles. The van der Waals surface area contributed by atoms with Crippen molar-refractivity contribution in [3.63, 3.8) is 0 Å². The molecule has 0 aliphatic carbocycles. The van der Waals surface area contributed by atoms with Gasteiger partial charge in [0.1, 0.15) is 5.82 Å². The lowest BCUT2D eigenvalue weighted by atomic mass is 10.0. The Morgan fingerprint density at radius 3 is 2.51 bits per heavy atom. The summed E-state index contributed by atoms with van der Waals surface area (Å²) < 4.78 is 13.5. The van der Waals surface area contributed by atoms with Gasteiger partial charge in [0.2, 0.25) is 5.91 Å². The van der Waals surface area contributed by atoms with Crippen LogP contribution >= 0.6 is 11.6 Å². The molecule has 8 heteroatoms. The number of nitrogens with one attached hydrogen (secondary N) is 2. The fourth-order valence-corrected chi connectivity index (χ4v) is 3.65. The molecule has 6 nitrogen and oxygen atoms in total. The first kappa shape index (κ1) is 25.7. The van der Waals surface area contributed by atoms with Crippen molar-refractivity contribution in [1.82, 2.24) is 5.32 Å². The Morgan fingerprint density at radius 1 is 1.06 bits per heavy atom. The average Bonchev–Trinajstić information content (AvgIpc) is 2.87. The van der Waals surface area contributed by atoms with E-state index in [-0.39, 0.29) is 17.4 Å². The van der Waals surface area contributed by atoms with Gasteiger partial charge in [0.05, 0.1) is 16.7 Å². The molecule has 0 radical (unpaired) electrons. The third-order valence-electron chi connectivity index (χ3n) is 5.28.